The quantitative estimate of drug-likeness (QED) is 0.574. The van der Waals surface area contributed by atoms with Crippen molar-refractivity contribution >= 4 is 5.97 Å². The second kappa shape index (κ2) is 5.56. The molecular weight excluding hydrogens is 202 g/mol. The van der Waals surface area contributed by atoms with Crippen molar-refractivity contribution in [2.75, 3.05) is 6.54 Å². The summed E-state index contributed by atoms with van der Waals surface area (Å²) in [6, 6.07) is 0. The first-order chi connectivity index (χ1) is 6.08. The maximum Gasteiger partial charge on any atom is 0.304 e. The van der Waals surface area contributed by atoms with Gasteiger partial charge in [0.25, 0.3) is 0 Å². The Kier molecular flexibility index (Phi) is 5.45. The van der Waals surface area contributed by atoms with E-state index in [1.54, 1.807) is 0 Å². The van der Waals surface area contributed by atoms with Crippen LogP contribution in [0, 0.1) is 11.3 Å². The minimum Gasteiger partial charge on any atom is -1.00 e. The third-order valence-electron chi connectivity index (χ3n) is 3.24. The van der Waals surface area contributed by atoms with Crippen molar-refractivity contribution in [1.29, 1.82) is 0 Å². The summed E-state index contributed by atoms with van der Waals surface area (Å²) in [6.07, 6.45) is 4.82. The van der Waals surface area contributed by atoms with E-state index in [1.807, 2.05) is 0 Å². The Morgan fingerprint density at radius 3 is 2.71 bits per heavy atom. The predicted molar refractivity (Wildman–Crippen MR) is 50.1 cm³/mol. The second-order valence-electron chi connectivity index (χ2n) is 4.52. The largest absolute Gasteiger partial charge is 1.00 e. The van der Waals surface area contributed by atoms with Crippen LogP contribution in [-0.2, 0) is 4.79 Å². The van der Waals surface area contributed by atoms with Crippen molar-refractivity contribution in [2.24, 2.45) is 11.3 Å². The number of rotatable bonds is 3. The van der Waals surface area contributed by atoms with Gasteiger partial charge in [-0.05, 0) is 18.8 Å². The lowest BCUT2D eigenvalue weighted by molar-refractivity contribution is -0.396. The van der Waals surface area contributed by atoms with Crippen molar-refractivity contribution in [1.82, 2.24) is 0 Å². The molecule has 0 aliphatic heterocycles. The van der Waals surface area contributed by atoms with E-state index in [0.29, 0.717) is 12.3 Å². The third kappa shape index (κ3) is 3.46. The van der Waals surface area contributed by atoms with E-state index in [9.17, 15) is 4.79 Å². The number of hydrogen-bond acceptors (Lipinski definition) is 1. The molecule has 84 valence electrons. The topological polar surface area (TPSA) is 64.9 Å². The molecule has 4 N–H and O–H groups in total. The Bertz CT molecular complexity index is 199. The van der Waals surface area contributed by atoms with Crippen molar-refractivity contribution in [3.05, 3.63) is 0 Å². The van der Waals surface area contributed by atoms with Crippen LogP contribution < -0.4 is 18.1 Å². The molecule has 1 saturated carbocycles. The van der Waals surface area contributed by atoms with Gasteiger partial charge in [-0.1, -0.05) is 19.8 Å². The highest BCUT2D eigenvalue weighted by atomic mass is 35.5. The Labute approximate surface area is 91.5 Å². The summed E-state index contributed by atoms with van der Waals surface area (Å²) in [5, 5.41) is 8.82. The van der Waals surface area contributed by atoms with Gasteiger partial charge in [0.2, 0.25) is 0 Å². The third-order valence-corrected chi connectivity index (χ3v) is 3.24. The molecule has 0 bridgehead atoms. The summed E-state index contributed by atoms with van der Waals surface area (Å²) >= 11 is 0. The van der Waals surface area contributed by atoms with Crippen LogP contribution in [0.3, 0.4) is 0 Å². The molecule has 0 unspecified atom stereocenters. The number of quaternary nitrogens is 1. The van der Waals surface area contributed by atoms with Gasteiger partial charge in [0.05, 0.1) is 13.0 Å². The molecule has 0 spiro atoms. The first kappa shape index (κ1) is 13.7. The van der Waals surface area contributed by atoms with E-state index in [1.165, 1.54) is 12.8 Å². The maximum atomic E-state index is 10.7. The van der Waals surface area contributed by atoms with Crippen molar-refractivity contribution in [3.8, 4) is 0 Å². The lowest BCUT2D eigenvalue weighted by Gasteiger charge is -2.36. The van der Waals surface area contributed by atoms with Gasteiger partial charge < -0.3 is 23.2 Å². The Morgan fingerprint density at radius 1 is 1.64 bits per heavy atom. The van der Waals surface area contributed by atoms with Crippen LogP contribution in [0.2, 0.25) is 0 Å². The van der Waals surface area contributed by atoms with Crippen LogP contribution in [0.15, 0.2) is 0 Å². The van der Waals surface area contributed by atoms with Gasteiger partial charge in [-0.15, -0.1) is 0 Å². The normalized spacial score (nSPS) is 32.0. The molecule has 1 aliphatic carbocycles. The van der Waals surface area contributed by atoms with E-state index in [4.69, 9.17) is 5.11 Å². The van der Waals surface area contributed by atoms with Gasteiger partial charge >= 0.3 is 5.97 Å². The number of carbonyl (C=O) groups is 1. The Morgan fingerprint density at radius 2 is 2.29 bits per heavy atom. The summed E-state index contributed by atoms with van der Waals surface area (Å²) < 4.78 is 0. The van der Waals surface area contributed by atoms with Crippen LogP contribution in [0.5, 0.6) is 0 Å². The van der Waals surface area contributed by atoms with Gasteiger partial charge in [-0.25, -0.2) is 0 Å². The molecular formula is C10H20ClNO2. The Balaban J connectivity index is 0.00000169. The Hall–Kier alpha value is -0.280. The smallest absolute Gasteiger partial charge is 0.304 e. The van der Waals surface area contributed by atoms with E-state index < -0.39 is 5.97 Å². The molecule has 0 aromatic rings. The van der Waals surface area contributed by atoms with Crippen molar-refractivity contribution in [2.45, 2.75) is 39.0 Å². The molecule has 3 nitrogen and oxygen atoms in total. The van der Waals surface area contributed by atoms with Crippen LogP contribution in [0.25, 0.3) is 0 Å². The summed E-state index contributed by atoms with van der Waals surface area (Å²) in [5.74, 6) is 0.00704. The van der Waals surface area contributed by atoms with Crippen molar-refractivity contribution < 1.29 is 28.0 Å². The molecule has 0 saturated heterocycles. The molecule has 0 aromatic heterocycles. The zero-order valence-electron chi connectivity index (χ0n) is 8.76. The summed E-state index contributed by atoms with van der Waals surface area (Å²) in [5.41, 5.74) is 3.91. The van der Waals surface area contributed by atoms with E-state index in [2.05, 4.69) is 12.7 Å². The fourth-order valence-corrected chi connectivity index (χ4v) is 2.57. The van der Waals surface area contributed by atoms with E-state index in [-0.39, 0.29) is 17.8 Å². The van der Waals surface area contributed by atoms with Gasteiger partial charge in [0, 0.05) is 5.41 Å². The molecule has 14 heavy (non-hydrogen) atoms. The highest BCUT2D eigenvalue weighted by Crippen LogP contribution is 2.40. The summed E-state index contributed by atoms with van der Waals surface area (Å²) in [4.78, 5) is 10.7. The van der Waals surface area contributed by atoms with Gasteiger partial charge in [0.1, 0.15) is 0 Å². The van der Waals surface area contributed by atoms with Crippen LogP contribution in [0.1, 0.15) is 39.0 Å². The average molecular weight is 222 g/mol. The monoisotopic (exact) mass is 221 g/mol. The molecule has 0 heterocycles. The first-order valence-corrected chi connectivity index (χ1v) is 5.09. The van der Waals surface area contributed by atoms with Gasteiger partial charge in [0.15, 0.2) is 0 Å². The average Bonchev–Trinajstić information content (AvgIpc) is 2.03. The maximum absolute atomic E-state index is 10.7. The molecule has 0 amide bonds. The highest BCUT2D eigenvalue weighted by molar-refractivity contribution is 5.67. The molecule has 1 aliphatic rings. The molecule has 1 fully saturated rings. The minimum absolute atomic E-state index is 0. The fourth-order valence-electron chi connectivity index (χ4n) is 2.57. The lowest BCUT2D eigenvalue weighted by Crippen LogP contribution is -3.00. The van der Waals surface area contributed by atoms with Crippen LogP contribution >= 0.6 is 0 Å². The van der Waals surface area contributed by atoms with Gasteiger partial charge in [-0.2, -0.15) is 0 Å². The highest BCUT2D eigenvalue weighted by Gasteiger charge is 2.37. The van der Waals surface area contributed by atoms with E-state index >= 15 is 0 Å². The number of hydrogen-bond donors (Lipinski definition) is 2. The molecule has 4 heteroatoms. The number of aliphatic carboxylic acids is 1. The SMILES string of the molecule is C[C@@H]1CCC[C@@](C[NH3+])(CC(=O)O)C1.[Cl-]. The summed E-state index contributed by atoms with van der Waals surface area (Å²) in [7, 11) is 0. The van der Waals surface area contributed by atoms with E-state index in [0.717, 1.165) is 19.4 Å². The zero-order chi connectivity index (χ0) is 9.90. The molecule has 2 atom stereocenters. The zero-order valence-corrected chi connectivity index (χ0v) is 9.52. The molecule has 0 radical (unpaired) electrons. The number of carboxylic acid groups (broad SMARTS) is 1. The fraction of sp³-hybridized carbons (Fsp3) is 0.900. The van der Waals surface area contributed by atoms with Crippen LogP contribution in [0.4, 0.5) is 0 Å². The minimum atomic E-state index is -0.669. The number of carboxylic acids is 1. The first-order valence-electron chi connectivity index (χ1n) is 5.09. The summed E-state index contributed by atoms with van der Waals surface area (Å²) in [6.45, 7) is 2.98. The van der Waals surface area contributed by atoms with Gasteiger partial charge in [-0.3, -0.25) is 4.79 Å². The lowest BCUT2D eigenvalue weighted by atomic mass is 9.68. The van der Waals surface area contributed by atoms with Crippen LogP contribution in [-0.4, -0.2) is 17.6 Å². The predicted octanol–water partition coefficient (Wildman–Crippen LogP) is -2.10. The van der Waals surface area contributed by atoms with Crippen molar-refractivity contribution in [3.63, 3.8) is 0 Å². The molecule has 0 aromatic carbocycles. The standard InChI is InChI=1S/C10H19NO2.ClH/c1-8-3-2-4-10(5-8,7-11)6-9(12)13;/h8H,2-7,11H2,1H3,(H,12,13);1H/t8-,10+;/m1./s1. The second-order valence-corrected chi connectivity index (χ2v) is 4.52. The number of halogens is 1. The molecule has 1 rings (SSSR count).